The summed E-state index contributed by atoms with van der Waals surface area (Å²) < 4.78 is 5.81. The molecule has 0 spiro atoms. The summed E-state index contributed by atoms with van der Waals surface area (Å²) in [6.07, 6.45) is 0. The predicted octanol–water partition coefficient (Wildman–Crippen LogP) is 2.01. The number of methoxy groups -OCH3 is 1. The van der Waals surface area contributed by atoms with Crippen molar-refractivity contribution in [3.63, 3.8) is 0 Å². The van der Waals surface area contributed by atoms with Crippen LogP contribution in [-0.4, -0.2) is 42.2 Å². The van der Waals surface area contributed by atoms with Gasteiger partial charge in [-0.1, -0.05) is 0 Å². The molecule has 0 radical (unpaired) electrons. The van der Waals surface area contributed by atoms with E-state index >= 15 is 0 Å². The third kappa shape index (κ3) is 2.98. The van der Waals surface area contributed by atoms with Crippen LogP contribution in [0.15, 0.2) is 22.7 Å². The molecule has 1 saturated heterocycles. The first kappa shape index (κ1) is 13.7. The fraction of sp³-hybridized carbons (Fsp3) is 0.333. The molecular weight excluding hydrogens is 316 g/mol. The molecule has 1 aliphatic heterocycles. The number of amides is 2. The number of carbonyl (C=O) groups is 2. The Morgan fingerprint density at radius 2 is 2.16 bits per heavy atom. The highest BCUT2D eigenvalue weighted by Crippen LogP contribution is 2.28. The molecule has 1 aliphatic rings. The van der Waals surface area contributed by atoms with Crippen molar-refractivity contribution < 1.29 is 19.4 Å². The van der Waals surface area contributed by atoms with Gasteiger partial charge >= 0.3 is 12.0 Å². The van der Waals surface area contributed by atoms with Crippen molar-refractivity contribution in [2.75, 3.05) is 25.5 Å². The Bertz CT molecular complexity index is 514. The second-order valence-electron chi connectivity index (χ2n) is 4.22. The van der Waals surface area contributed by atoms with E-state index in [0.717, 1.165) is 4.47 Å². The number of urea groups is 1. The zero-order valence-electron chi connectivity index (χ0n) is 10.2. The molecule has 19 heavy (non-hydrogen) atoms. The van der Waals surface area contributed by atoms with Crippen molar-refractivity contribution in [1.29, 1.82) is 0 Å². The van der Waals surface area contributed by atoms with Gasteiger partial charge in [0.2, 0.25) is 0 Å². The highest BCUT2D eigenvalue weighted by molar-refractivity contribution is 9.10. The zero-order chi connectivity index (χ0) is 14.0. The van der Waals surface area contributed by atoms with Crippen molar-refractivity contribution in [2.24, 2.45) is 5.92 Å². The molecule has 0 saturated carbocycles. The maximum atomic E-state index is 11.9. The van der Waals surface area contributed by atoms with Gasteiger partial charge in [-0.15, -0.1) is 0 Å². The lowest BCUT2D eigenvalue weighted by molar-refractivity contribution is -0.145. The molecule has 1 aromatic carbocycles. The van der Waals surface area contributed by atoms with Crippen LogP contribution in [0.3, 0.4) is 0 Å². The zero-order valence-corrected chi connectivity index (χ0v) is 11.8. The van der Waals surface area contributed by atoms with Gasteiger partial charge in [0.05, 0.1) is 18.7 Å². The van der Waals surface area contributed by atoms with Crippen LogP contribution in [0.1, 0.15) is 0 Å². The van der Waals surface area contributed by atoms with E-state index in [9.17, 15) is 9.59 Å². The van der Waals surface area contributed by atoms with Gasteiger partial charge in [0.15, 0.2) is 0 Å². The predicted molar refractivity (Wildman–Crippen MR) is 72.4 cm³/mol. The molecule has 6 nitrogen and oxygen atoms in total. The number of nitrogens with zero attached hydrogens (tertiary/aromatic N) is 1. The number of anilines is 1. The molecule has 2 amide bonds. The van der Waals surface area contributed by atoms with Crippen LogP contribution in [-0.2, 0) is 4.79 Å². The minimum absolute atomic E-state index is 0.239. The fourth-order valence-corrected chi connectivity index (χ4v) is 2.07. The molecule has 1 aromatic rings. The minimum Gasteiger partial charge on any atom is -0.497 e. The van der Waals surface area contributed by atoms with E-state index in [1.165, 1.54) is 4.90 Å². The molecule has 1 heterocycles. The van der Waals surface area contributed by atoms with Crippen molar-refractivity contribution in [3.05, 3.63) is 22.7 Å². The van der Waals surface area contributed by atoms with Crippen molar-refractivity contribution in [3.8, 4) is 5.75 Å². The van der Waals surface area contributed by atoms with Crippen LogP contribution in [0.2, 0.25) is 0 Å². The SMILES string of the molecule is COc1ccc(Br)c(NC(=O)N2CC(C(=O)O)C2)c1. The van der Waals surface area contributed by atoms with E-state index in [4.69, 9.17) is 9.84 Å². The van der Waals surface area contributed by atoms with E-state index < -0.39 is 11.9 Å². The molecule has 102 valence electrons. The Hall–Kier alpha value is -1.76. The topological polar surface area (TPSA) is 78.9 Å². The van der Waals surface area contributed by atoms with Crippen molar-refractivity contribution in [2.45, 2.75) is 0 Å². The molecule has 0 unspecified atom stereocenters. The van der Waals surface area contributed by atoms with E-state index in [-0.39, 0.29) is 19.1 Å². The lowest BCUT2D eigenvalue weighted by Crippen LogP contribution is -2.54. The number of carbonyl (C=O) groups excluding carboxylic acids is 1. The summed E-state index contributed by atoms with van der Waals surface area (Å²) in [4.78, 5) is 24.0. The monoisotopic (exact) mass is 328 g/mol. The summed E-state index contributed by atoms with van der Waals surface area (Å²) in [6, 6.07) is 4.91. The molecule has 0 aliphatic carbocycles. The highest BCUT2D eigenvalue weighted by atomic mass is 79.9. The maximum Gasteiger partial charge on any atom is 0.321 e. The van der Waals surface area contributed by atoms with Crippen molar-refractivity contribution >= 4 is 33.6 Å². The van der Waals surface area contributed by atoms with Crippen LogP contribution in [0, 0.1) is 5.92 Å². The Labute approximate surface area is 118 Å². The Morgan fingerprint density at radius 3 is 2.74 bits per heavy atom. The Balaban J connectivity index is 1.98. The number of ether oxygens (including phenoxy) is 1. The number of halogens is 1. The Kier molecular flexibility index (Phi) is 3.94. The number of nitrogens with one attached hydrogen (secondary N) is 1. The van der Waals surface area contributed by atoms with Crippen LogP contribution >= 0.6 is 15.9 Å². The number of hydrogen-bond donors (Lipinski definition) is 2. The van der Waals surface area contributed by atoms with Gasteiger partial charge in [-0.05, 0) is 28.1 Å². The largest absolute Gasteiger partial charge is 0.497 e. The number of likely N-dealkylation sites (tertiary alicyclic amines) is 1. The van der Waals surface area contributed by atoms with E-state index in [2.05, 4.69) is 21.2 Å². The Morgan fingerprint density at radius 1 is 1.47 bits per heavy atom. The summed E-state index contributed by atoms with van der Waals surface area (Å²) in [5.41, 5.74) is 0.586. The summed E-state index contributed by atoms with van der Waals surface area (Å²) in [7, 11) is 1.54. The van der Waals surface area contributed by atoms with Gasteiger partial charge in [-0.2, -0.15) is 0 Å². The number of aliphatic carboxylic acids is 1. The third-order valence-corrected chi connectivity index (χ3v) is 3.62. The van der Waals surface area contributed by atoms with Crippen LogP contribution in [0.4, 0.5) is 10.5 Å². The average molecular weight is 329 g/mol. The highest BCUT2D eigenvalue weighted by Gasteiger charge is 2.35. The number of benzene rings is 1. The first-order valence-electron chi connectivity index (χ1n) is 5.63. The second kappa shape index (κ2) is 5.48. The quantitative estimate of drug-likeness (QED) is 0.889. The normalized spacial score (nSPS) is 14.7. The van der Waals surface area contributed by atoms with Gasteiger partial charge in [0.25, 0.3) is 0 Å². The maximum absolute atomic E-state index is 11.9. The number of carboxylic acids is 1. The second-order valence-corrected chi connectivity index (χ2v) is 5.07. The van der Waals surface area contributed by atoms with Gasteiger partial charge in [-0.3, -0.25) is 4.79 Å². The summed E-state index contributed by atoms with van der Waals surface area (Å²) in [6.45, 7) is 0.478. The average Bonchev–Trinajstić information content (AvgIpc) is 2.29. The number of rotatable bonds is 3. The molecular formula is C12H13BrN2O4. The summed E-state index contributed by atoms with van der Waals surface area (Å²) in [5, 5.41) is 11.5. The molecule has 0 aromatic heterocycles. The van der Waals surface area contributed by atoms with Crippen LogP contribution in [0.25, 0.3) is 0 Å². The van der Waals surface area contributed by atoms with Crippen molar-refractivity contribution in [1.82, 2.24) is 4.90 Å². The van der Waals surface area contributed by atoms with E-state index in [0.29, 0.717) is 11.4 Å². The molecule has 7 heteroatoms. The number of hydrogen-bond acceptors (Lipinski definition) is 3. The molecule has 0 atom stereocenters. The summed E-state index contributed by atoms with van der Waals surface area (Å²) in [5.74, 6) is -0.698. The fourth-order valence-electron chi connectivity index (χ4n) is 1.72. The molecule has 2 N–H and O–H groups in total. The van der Waals surface area contributed by atoms with Gasteiger partial charge in [0.1, 0.15) is 5.75 Å². The molecule has 0 bridgehead atoms. The van der Waals surface area contributed by atoms with Crippen LogP contribution < -0.4 is 10.1 Å². The first-order chi connectivity index (χ1) is 9.01. The van der Waals surface area contributed by atoms with E-state index in [1.807, 2.05) is 0 Å². The van der Waals surface area contributed by atoms with E-state index in [1.54, 1.807) is 25.3 Å². The number of carboxylic acid groups (broad SMARTS) is 1. The lowest BCUT2D eigenvalue weighted by Gasteiger charge is -2.36. The first-order valence-corrected chi connectivity index (χ1v) is 6.43. The molecule has 2 rings (SSSR count). The smallest absolute Gasteiger partial charge is 0.321 e. The minimum atomic E-state index is -0.869. The lowest BCUT2D eigenvalue weighted by atomic mass is 10.0. The van der Waals surface area contributed by atoms with Gasteiger partial charge in [0, 0.05) is 23.6 Å². The molecule has 1 fully saturated rings. The standard InChI is InChI=1S/C12H13BrN2O4/c1-19-8-2-3-9(13)10(4-8)14-12(18)15-5-7(6-15)11(16)17/h2-4,7H,5-6H2,1H3,(H,14,18)(H,16,17). The van der Waals surface area contributed by atoms with Gasteiger partial charge in [-0.25, -0.2) is 4.79 Å². The van der Waals surface area contributed by atoms with Gasteiger partial charge < -0.3 is 20.1 Å². The third-order valence-electron chi connectivity index (χ3n) is 2.93. The summed E-state index contributed by atoms with van der Waals surface area (Å²) >= 11 is 3.33. The van der Waals surface area contributed by atoms with Crippen LogP contribution in [0.5, 0.6) is 5.75 Å².